The molecule has 0 N–H and O–H groups in total. The molecule has 0 atom stereocenters. The maximum Gasteiger partial charge on any atom is 0.0204 e. The third-order valence-electron chi connectivity index (χ3n) is 2.35. The minimum Gasteiger partial charge on any atom is -0.0644 e. The molecule has 16 heavy (non-hydrogen) atoms. The molecule has 2 radical (unpaired) electrons. The number of hydrogen-bond donors (Lipinski definition) is 0. The predicted octanol–water partition coefficient (Wildman–Crippen LogP) is 3.57. The average Bonchev–Trinajstić information content (AvgIpc) is 2.38. The van der Waals surface area contributed by atoms with Crippen molar-refractivity contribution in [2.75, 3.05) is 0 Å². The van der Waals surface area contributed by atoms with Crippen molar-refractivity contribution in [3.63, 3.8) is 0 Å². The molecule has 0 fully saturated rings. The minimum absolute atomic E-state index is 0.401. The van der Waals surface area contributed by atoms with Crippen LogP contribution in [-0.4, -0.2) is 0 Å². The fourth-order valence-corrected chi connectivity index (χ4v) is 3.56. The molecular formula is C15H15P. The summed E-state index contributed by atoms with van der Waals surface area (Å²) in [5.41, 5.74) is 0. The Morgan fingerprint density at radius 1 is 0.812 bits per heavy atom. The predicted molar refractivity (Wildman–Crippen MR) is 72.6 cm³/mol. The lowest BCUT2D eigenvalue weighted by Crippen LogP contribution is -2.11. The van der Waals surface area contributed by atoms with Crippen LogP contribution >= 0.6 is 7.92 Å². The Morgan fingerprint density at radius 3 is 1.62 bits per heavy atom. The van der Waals surface area contributed by atoms with Crippen molar-refractivity contribution in [3.8, 4) is 0 Å². The lowest BCUT2D eigenvalue weighted by atomic mass is 10.4. The highest BCUT2D eigenvalue weighted by molar-refractivity contribution is 7.74. The van der Waals surface area contributed by atoms with Crippen molar-refractivity contribution in [2.24, 2.45) is 0 Å². The fourth-order valence-electron chi connectivity index (χ4n) is 1.64. The highest BCUT2D eigenvalue weighted by Gasteiger charge is 2.12. The second-order valence-corrected chi connectivity index (χ2v) is 5.54. The maximum atomic E-state index is 3.58. The normalized spacial score (nSPS) is 10.6. The summed E-state index contributed by atoms with van der Waals surface area (Å²) in [6.45, 7) is 2.15. The van der Waals surface area contributed by atoms with E-state index in [-0.39, 0.29) is 0 Å². The van der Waals surface area contributed by atoms with Gasteiger partial charge in [-0.1, -0.05) is 67.6 Å². The summed E-state index contributed by atoms with van der Waals surface area (Å²) in [6.07, 6.45) is 4.58. The Hall–Kier alpha value is -1.13. The molecule has 0 saturated carbocycles. The summed E-state index contributed by atoms with van der Waals surface area (Å²) >= 11 is 0. The van der Waals surface area contributed by atoms with Gasteiger partial charge < -0.3 is 0 Å². The topological polar surface area (TPSA) is 0 Å². The van der Waals surface area contributed by atoms with Gasteiger partial charge in [-0.3, -0.25) is 0 Å². The first-order valence-electron chi connectivity index (χ1n) is 5.55. The quantitative estimate of drug-likeness (QED) is 0.699. The standard InChI is InChI=1S/C15H15P/c1-2-13-16(14-9-5-3-6-10-14)15-11-7-4-8-12-15/h3-12H,2H2,1H3. The number of rotatable bonds is 4. The average molecular weight is 226 g/mol. The molecule has 2 rings (SSSR count). The van der Waals surface area contributed by atoms with Gasteiger partial charge in [-0.2, -0.15) is 0 Å². The van der Waals surface area contributed by atoms with Crippen molar-refractivity contribution in [3.05, 3.63) is 66.8 Å². The molecule has 0 saturated heterocycles. The van der Waals surface area contributed by atoms with Crippen LogP contribution in [0.5, 0.6) is 0 Å². The van der Waals surface area contributed by atoms with Crippen LogP contribution in [0.1, 0.15) is 13.3 Å². The van der Waals surface area contributed by atoms with E-state index in [0.29, 0.717) is 0 Å². The summed E-state index contributed by atoms with van der Waals surface area (Å²) < 4.78 is 0. The van der Waals surface area contributed by atoms with E-state index in [4.69, 9.17) is 0 Å². The van der Waals surface area contributed by atoms with Crippen LogP contribution in [0.2, 0.25) is 0 Å². The van der Waals surface area contributed by atoms with Crippen LogP contribution in [0.3, 0.4) is 0 Å². The lowest BCUT2D eigenvalue weighted by Gasteiger charge is -2.16. The fraction of sp³-hybridized carbons (Fsp3) is 0.133. The largest absolute Gasteiger partial charge is 0.0644 e. The van der Waals surface area contributed by atoms with E-state index in [1.54, 1.807) is 0 Å². The zero-order valence-electron chi connectivity index (χ0n) is 9.43. The minimum atomic E-state index is -0.401. The Morgan fingerprint density at radius 2 is 1.25 bits per heavy atom. The highest BCUT2D eigenvalue weighted by atomic mass is 31.1. The van der Waals surface area contributed by atoms with Crippen molar-refractivity contribution in [1.82, 2.24) is 0 Å². The van der Waals surface area contributed by atoms with Crippen LogP contribution in [0.15, 0.2) is 60.7 Å². The third-order valence-corrected chi connectivity index (χ3v) is 4.61. The van der Waals surface area contributed by atoms with Gasteiger partial charge in [-0.25, -0.2) is 0 Å². The van der Waals surface area contributed by atoms with Gasteiger partial charge in [-0.15, -0.1) is 0 Å². The molecule has 0 unspecified atom stereocenters. The van der Waals surface area contributed by atoms with Crippen molar-refractivity contribution >= 4 is 18.5 Å². The monoisotopic (exact) mass is 226 g/mol. The molecule has 0 aliphatic rings. The molecule has 0 heterocycles. The Labute approximate surface area is 99.1 Å². The van der Waals surface area contributed by atoms with E-state index < -0.39 is 7.92 Å². The molecule has 0 bridgehead atoms. The molecular weight excluding hydrogens is 211 g/mol. The van der Waals surface area contributed by atoms with Gasteiger partial charge in [-0.05, 0) is 25.0 Å². The van der Waals surface area contributed by atoms with E-state index in [0.717, 1.165) is 6.42 Å². The van der Waals surface area contributed by atoms with E-state index >= 15 is 0 Å². The van der Waals surface area contributed by atoms with E-state index in [2.05, 4.69) is 73.7 Å². The van der Waals surface area contributed by atoms with Crippen molar-refractivity contribution in [1.29, 1.82) is 0 Å². The molecule has 80 valence electrons. The summed E-state index contributed by atoms with van der Waals surface area (Å²) in [7, 11) is -0.401. The molecule has 0 amide bonds. The van der Waals surface area contributed by atoms with Gasteiger partial charge in [0.1, 0.15) is 0 Å². The van der Waals surface area contributed by atoms with Gasteiger partial charge >= 0.3 is 0 Å². The van der Waals surface area contributed by atoms with Crippen molar-refractivity contribution < 1.29 is 0 Å². The van der Waals surface area contributed by atoms with E-state index in [1.807, 2.05) is 0 Å². The Balaban J connectivity index is 2.31. The smallest absolute Gasteiger partial charge is 0.0204 e. The lowest BCUT2D eigenvalue weighted by molar-refractivity contribution is 1.20. The van der Waals surface area contributed by atoms with E-state index in [9.17, 15) is 0 Å². The van der Waals surface area contributed by atoms with Gasteiger partial charge in [0, 0.05) is 6.16 Å². The van der Waals surface area contributed by atoms with Crippen LogP contribution < -0.4 is 10.6 Å². The van der Waals surface area contributed by atoms with Gasteiger partial charge in [0.05, 0.1) is 0 Å². The van der Waals surface area contributed by atoms with Crippen molar-refractivity contribution in [2.45, 2.75) is 13.3 Å². The molecule has 2 aromatic carbocycles. The summed E-state index contributed by atoms with van der Waals surface area (Å²) in [5.74, 6) is 0. The molecule has 0 aliphatic carbocycles. The SMILES string of the molecule is CC[C]P(c1ccccc1)c1ccccc1. The molecule has 1 heteroatoms. The van der Waals surface area contributed by atoms with Crippen LogP contribution in [0.4, 0.5) is 0 Å². The molecule has 0 aromatic heterocycles. The first-order valence-corrected chi connectivity index (χ1v) is 6.89. The first-order chi connectivity index (χ1) is 7.92. The van der Waals surface area contributed by atoms with Gasteiger partial charge in [0.15, 0.2) is 0 Å². The second-order valence-electron chi connectivity index (χ2n) is 3.52. The Bertz CT molecular complexity index is 368. The van der Waals surface area contributed by atoms with E-state index in [1.165, 1.54) is 10.6 Å². The Kier molecular flexibility index (Phi) is 4.13. The third kappa shape index (κ3) is 2.71. The van der Waals surface area contributed by atoms with Crippen LogP contribution in [0, 0.1) is 6.16 Å². The summed E-state index contributed by atoms with van der Waals surface area (Å²) in [5, 5.41) is 2.76. The first kappa shape index (κ1) is 11.4. The molecule has 0 spiro atoms. The number of hydrogen-bond acceptors (Lipinski definition) is 0. The molecule has 2 aromatic rings. The van der Waals surface area contributed by atoms with Gasteiger partial charge in [0.25, 0.3) is 0 Å². The second kappa shape index (κ2) is 5.82. The summed E-state index contributed by atoms with van der Waals surface area (Å²) in [6, 6.07) is 21.3. The van der Waals surface area contributed by atoms with Gasteiger partial charge in [0.2, 0.25) is 0 Å². The summed E-state index contributed by atoms with van der Waals surface area (Å²) in [4.78, 5) is 0. The zero-order chi connectivity index (χ0) is 11.2. The highest BCUT2D eigenvalue weighted by Crippen LogP contribution is 2.37. The number of benzene rings is 2. The zero-order valence-corrected chi connectivity index (χ0v) is 10.3. The molecule has 0 aliphatic heterocycles. The maximum absolute atomic E-state index is 3.58. The molecule has 0 nitrogen and oxygen atoms in total. The van der Waals surface area contributed by atoms with Crippen LogP contribution in [-0.2, 0) is 0 Å². The van der Waals surface area contributed by atoms with Crippen LogP contribution in [0.25, 0.3) is 0 Å².